The first-order valence-electron chi connectivity index (χ1n) is 7.03. The number of pyridine rings is 2. The topological polar surface area (TPSA) is 47.5 Å². The fourth-order valence-electron chi connectivity index (χ4n) is 1.94. The van der Waals surface area contributed by atoms with Gasteiger partial charge in [0.2, 0.25) is 11.8 Å². The van der Waals surface area contributed by atoms with Gasteiger partial charge in [0.25, 0.3) is 0 Å². The van der Waals surface area contributed by atoms with Crippen molar-refractivity contribution < 1.29 is 9.47 Å². The number of aryl methyl sites for hydroxylation is 1. The third-order valence-corrected chi connectivity index (χ3v) is 3.12. The predicted molar refractivity (Wildman–Crippen MR) is 83.0 cm³/mol. The van der Waals surface area contributed by atoms with Crippen molar-refractivity contribution >= 4 is 5.69 Å². The zero-order chi connectivity index (χ0) is 15.1. The first-order valence-corrected chi connectivity index (χ1v) is 7.03. The Kier molecular flexibility index (Phi) is 5.51. The molecule has 0 aromatic carbocycles. The molecular weight excluding hydrogens is 266 g/mol. The average molecular weight is 287 g/mol. The quantitative estimate of drug-likeness (QED) is 0.783. The number of anilines is 1. The summed E-state index contributed by atoms with van der Waals surface area (Å²) < 4.78 is 10.8. The Morgan fingerprint density at radius 1 is 1.14 bits per heavy atom. The third-order valence-electron chi connectivity index (χ3n) is 3.12. The second-order valence-corrected chi connectivity index (χ2v) is 4.70. The van der Waals surface area contributed by atoms with Crippen molar-refractivity contribution in [2.24, 2.45) is 0 Å². The standard InChI is InChI=1S/C16H21N3O2/c1-4-19(9-10-20-3)14-7-8-17-16(11-14)21-15-6-5-13(2)12-18-15/h5-8,11-12H,4,9-10H2,1-3H3. The third kappa shape index (κ3) is 4.43. The van der Waals surface area contributed by atoms with Gasteiger partial charge in [-0.15, -0.1) is 0 Å². The predicted octanol–water partition coefficient (Wildman–Crippen LogP) is 3.05. The van der Waals surface area contributed by atoms with Crippen molar-refractivity contribution in [1.82, 2.24) is 9.97 Å². The molecule has 112 valence electrons. The molecule has 0 saturated heterocycles. The minimum Gasteiger partial charge on any atom is -0.421 e. The lowest BCUT2D eigenvalue weighted by molar-refractivity contribution is 0.205. The molecule has 0 atom stereocenters. The van der Waals surface area contributed by atoms with E-state index in [9.17, 15) is 0 Å². The Hall–Kier alpha value is -2.14. The van der Waals surface area contributed by atoms with Gasteiger partial charge < -0.3 is 14.4 Å². The van der Waals surface area contributed by atoms with Gasteiger partial charge in [-0.3, -0.25) is 0 Å². The molecule has 21 heavy (non-hydrogen) atoms. The van der Waals surface area contributed by atoms with Gasteiger partial charge in [-0.05, 0) is 25.5 Å². The Balaban J connectivity index is 2.11. The van der Waals surface area contributed by atoms with E-state index in [0.29, 0.717) is 18.4 Å². The average Bonchev–Trinajstić information content (AvgIpc) is 2.51. The van der Waals surface area contributed by atoms with Gasteiger partial charge in [0.1, 0.15) is 0 Å². The Bertz CT molecular complexity index is 558. The van der Waals surface area contributed by atoms with Gasteiger partial charge in [-0.25, -0.2) is 9.97 Å². The number of methoxy groups -OCH3 is 1. The molecule has 2 aromatic rings. The summed E-state index contributed by atoms with van der Waals surface area (Å²) in [6.07, 6.45) is 3.52. The first-order chi connectivity index (χ1) is 10.2. The highest BCUT2D eigenvalue weighted by atomic mass is 16.5. The summed E-state index contributed by atoms with van der Waals surface area (Å²) in [6.45, 7) is 6.52. The molecule has 0 aliphatic heterocycles. The molecule has 0 fully saturated rings. The van der Waals surface area contributed by atoms with Crippen LogP contribution in [0.3, 0.4) is 0 Å². The highest BCUT2D eigenvalue weighted by Gasteiger charge is 2.07. The van der Waals surface area contributed by atoms with Gasteiger partial charge >= 0.3 is 0 Å². The van der Waals surface area contributed by atoms with Crippen LogP contribution in [0.2, 0.25) is 0 Å². The van der Waals surface area contributed by atoms with E-state index in [1.807, 2.05) is 31.2 Å². The van der Waals surface area contributed by atoms with Crippen LogP contribution in [0.5, 0.6) is 11.8 Å². The summed E-state index contributed by atoms with van der Waals surface area (Å²) in [5.41, 5.74) is 2.16. The van der Waals surface area contributed by atoms with E-state index in [-0.39, 0.29) is 0 Å². The van der Waals surface area contributed by atoms with Crippen molar-refractivity contribution in [3.8, 4) is 11.8 Å². The molecule has 0 spiro atoms. The highest BCUT2D eigenvalue weighted by Crippen LogP contribution is 2.22. The smallest absolute Gasteiger partial charge is 0.223 e. The van der Waals surface area contributed by atoms with Crippen LogP contribution in [0.1, 0.15) is 12.5 Å². The molecule has 5 nitrogen and oxygen atoms in total. The van der Waals surface area contributed by atoms with E-state index in [4.69, 9.17) is 9.47 Å². The molecule has 0 aliphatic carbocycles. The van der Waals surface area contributed by atoms with E-state index in [0.717, 1.165) is 24.3 Å². The molecule has 0 unspecified atom stereocenters. The van der Waals surface area contributed by atoms with Crippen LogP contribution >= 0.6 is 0 Å². The van der Waals surface area contributed by atoms with Crippen molar-refractivity contribution in [3.05, 3.63) is 42.2 Å². The van der Waals surface area contributed by atoms with Crippen LogP contribution in [0.15, 0.2) is 36.7 Å². The van der Waals surface area contributed by atoms with Gasteiger partial charge in [0.15, 0.2) is 0 Å². The Labute approximate surface area is 125 Å². The van der Waals surface area contributed by atoms with Gasteiger partial charge in [0.05, 0.1) is 6.61 Å². The maximum Gasteiger partial charge on any atom is 0.223 e. The van der Waals surface area contributed by atoms with Crippen molar-refractivity contribution in [2.45, 2.75) is 13.8 Å². The van der Waals surface area contributed by atoms with Crippen molar-refractivity contribution in [2.75, 3.05) is 31.7 Å². The maximum atomic E-state index is 5.69. The molecular formula is C16H21N3O2. The number of likely N-dealkylation sites (N-methyl/N-ethyl adjacent to an activating group) is 1. The summed E-state index contributed by atoms with van der Waals surface area (Å²) in [5, 5.41) is 0. The van der Waals surface area contributed by atoms with Crippen LogP contribution in [0.4, 0.5) is 5.69 Å². The van der Waals surface area contributed by atoms with E-state index in [2.05, 4.69) is 21.8 Å². The number of rotatable bonds is 7. The van der Waals surface area contributed by atoms with E-state index in [1.165, 1.54) is 0 Å². The number of ether oxygens (including phenoxy) is 2. The lowest BCUT2D eigenvalue weighted by Crippen LogP contribution is -2.26. The van der Waals surface area contributed by atoms with Gasteiger partial charge in [-0.2, -0.15) is 0 Å². The fraction of sp³-hybridized carbons (Fsp3) is 0.375. The highest BCUT2D eigenvalue weighted by molar-refractivity contribution is 5.48. The second-order valence-electron chi connectivity index (χ2n) is 4.70. The van der Waals surface area contributed by atoms with E-state index >= 15 is 0 Å². The summed E-state index contributed by atoms with van der Waals surface area (Å²) >= 11 is 0. The molecule has 0 bridgehead atoms. The van der Waals surface area contributed by atoms with Gasteiger partial charge in [-0.1, -0.05) is 6.07 Å². The second kappa shape index (κ2) is 7.59. The van der Waals surface area contributed by atoms with Crippen LogP contribution < -0.4 is 9.64 Å². The molecule has 0 N–H and O–H groups in total. The van der Waals surface area contributed by atoms with E-state index in [1.54, 1.807) is 19.5 Å². The normalized spacial score (nSPS) is 10.4. The van der Waals surface area contributed by atoms with Crippen molar-refractivity contribution in [1.29, 1.82) is 0 Å². The van der Waals surface area contributed by atoms with Gasteiger partial charge in [0, 0.05) is 50.4 Å². The SMILES string of the molecule is CCN(CCOC)c1ccnc(Oc2ccc(C)cn2)c1. The molecule has 0 radical (unpaired) electrons. The first kappa shape index (κ1) is 15.3. The Morgan fingerprint density at radius 3 is 2.67 bits per heavy atom. The summed E-state index contributed by atoms with van der Waals surface area (Å²) in [5.74, 6) is 1.09. The van der Waals surface area contributed by atoms with E-state index < -0.39 is 0 Å². The number of hydrogen-bond acceptors (Lipinski definition) is 5. The fourth-order valence-corrected chi connectivity index (χ4v) is 1.94. The van der Waals surface area contributed by atoms with Crippen LogP contribution in [0.25, 0.3) is 0 Å². The number of hydrogen-bond donors (Lipinski definition) is 0. The lowest BCUT2D eigenvalue weighted by atomic mass is 10.3. The van der Waals surface area contributed by atoms with Crippen molar-refractivity contribution in [3.63, 3.8) is 0 Å². The number of nitrogens with zero attached hydrogens (tertiary/aromatic N) is 3. The molecule has 0 aliphatic rings. The summed E-state index contributed by atoms with van der Waals surface area (Å²) in [4.78, 5) is 10.7. The molecule has 2 aromatic heterocycles. The monoisotopic (exact) mass is 287 g/mol. The minimum absolute atomic E-state index is 0.541. The summed E-state index contributed by atoms with van der Waals surface area (Å²) in [7, 11) is 1.71. The largest absolute Gasteiger partial charge is 0.421 e. The zero-order valence-electron chi connectivity index (χ0n) is 12.7. The van der Waals surface area contributed by atoms with Crippen LogP contribution in [-0.4, -0.2) is 36.8 Å². The molecule has 0 saturated carbocycles. The zero-order valence-corrected chi connectivity index (χ0v) is 12.7. The van der Waals surface area contributed by atoms with Crippen LogP contribution in [-0.2, 0) is 4.74 Å². The Morgan fingerprint density at radius 2 is 2.00 bits per heavy atom. The molecule has 2 rings (SSSR count). The lowest BCUT2D eigenvalue weighted by Gasteiger charge is -2.22. The maximum absolute atomic E-state index is 5.69. The molecule has 2 heterocycles. The number of aromatic nitrogens is 2. The minimum atomic E-state index is 0.541. The van der Waals surface area contributed by atoms with Crippen LogP contribution in [0, 0.1) is 6.92 Å². The summed E-state index contributed by atoms with van der Waals surface area (Å²) in [6, 6.07) is 7.69. The molecule has 0 amide bonds. The molecule has 5 heteroatoms.